The van der Waals surface area contributed by atoms with E-state index in [9.17, 15) is 10.1 Å². The minimum atomic E-state index is -0.504. The highest BCUT2D eigenvalue weighted by atomic mass is 16.5. The summed E-state index contributed by atoms with van der Waals surface area (Å²) in [5, 5.41) is 9.51. The zero-order valence-corrected chi connectivity index (χ0v) is 16.5. The van der Waals surface area contributed by atoms with Gasteiger partial charge in [-0.25, -0.2) is 9.78 Å². The number of hydrogen-bond acceptors (Lipinski definition) is 6. The molecule has 2 saturated carbocycles. The van der Waals surface area contributed by atoms with Crippen molar-refractivity contribution in [2.75, 3.05) is 25.2 Å². The summed E-state index contributed by atoms with van der Waals surface area (Å²) in [5.74, 6) is 0.876. The summed E-state index contributed by atoms with van der Waals surface area (Å²) in [6, 6.07) is 2.50. The molecule has 0 radical (unpaired) electrons. The fourth-order valence-corrected chi connectivity index (χ4v) is 4.23. The van der Waals surface area contributed by atoms with Gasteiger partial charge < -0.3 is 14.4 Å². The van der Waals surface area contributed by atoms with Crippen LogP contribution < -0.4 is 4.90 Å². The van der Waals surface area contributed by atoms with Crippen molar-refractivity contribution < 1.29 is 14.3 Å². The van der Waals surface area contributed by atoms with Crippen LogP contribution in [0.2, 0.25) is 0 Å². The molecule has 1 saturated heterocycles. The van der Waals surface area contributed by atoms with Crippen molar-refractivity contribution in [1.82, 2.24) is 4.98 Å². The maximum Gasteiger partial charge on any atom is 0.341 e. The van der Waals surface area contributed by atoms with E-state index in [1.165, 1.54) is 20.0 Å². The number of rotatable bonds is 5. The van der Waals surface area contributed by atoms with Crippen LogP contribution in [-0.2, 0) is 9.47 Å². The van der Waals surface area contributed by atoms with Gasteiger partial charge in [0.05, 0.1) is 25.4 Å². The van der Waals surface area contributed by atoms with E-state index in [-0.39, 0.29) is 11.3 Å². The second kappa shape index (κ2) is 6.49. The Morgan fingerprint density at radius 3 is 2.74 bits per heavy atom. The summed E-state index contributed by atoms with van der Waals surface area (Å²) in [4.78, 5) is 19.0. The number of pyridine rings is 1. The molecule has 4 rings (SSSR count). The highest BCUT2D eigenvalue weighted by Crippen LogP contribution is 2.49. The van der Waals surface area contributed by atoms with Crippen LogP contribution in [0.5, 0.6) is 0 Å². The topological polar surface area (TPSA) is 75.5 Å². The van der Waals surface area contributed by atoms with Gasteiger partial charge in [-0.15, -0.1) is 0 Å². The zero-order valence-electron chi connectivity index (χ0n) is 16.5. The number of carbonyl (C=O) groups is 1. The first-order chi connectivity index (χ1) is 12.9. The average molecular weight is 369 g/mol. The molecule has 2 heterocycles. The Balaban J connectivity index is 1.54. The average Bonchev–Trinajstić information content (AvgIpc) is 3.58. The smallest absolute Gasteiger partial charge is 0.341 e. The minimum absolute atomic E-state index is 0.150. The van der Waals surface area contributed by atoms with Gasteiger partial charge in [-0.2, -0.15) is 5.26 Å². The normalized spacial score (nSPS) is 27.5. The van der Waals surface area contributed by atoms with Crippen LogP contribution in [0, 0.1) is 36.5 Å². The monoisotopic (exact) mass is 369 g/mol. The quantitative estimate of drug-likeness (QED) is 0.742. The predicted molar refractivity (Wildman–Crippen MR) is 101 cm³/mol. The van der Waals surface area contributed by atoms with E-state index in [0.717, 1.165) is 42.9 Å². The number of nitrogens with zero attached hydrogens (tertiary/aromatic N) is 3. The molecule has 6 nitrogen and oxygen atoms in total. The number of hydrogen-bond donors (Lipinski definition) is 0. The lowest BCUT2D eigenvalue weighted by atomic mass is 10.0. The van der Waals surface area contributed by atoms with E-state index in [0.29, 0.717) is 23.5 Å². The molecule has 144 valence electrons. The van der Waals surface area contributed by atoms with Crippen LogP contribution in [0.1, 0.15) is 59.8 Å². The van der Waals surface area contributed by atoms with Crippen molar-refractivity contribution in [3.05, 3.63) is 22.4 Å². The summed E-state index contributed by atoms with van der Waals surface area (Å²) in [5.41, 5.74) is 2.58. The largest absolute Gasteiger partial charge is 0.465 e. The number of nitriles is 1. The number of anilines is 1. The van der Waals surface area contributed by atoms with Gasteiger partial charge >= 0.3 is 5.97 Å². The van der Waals surface area contributed by atoms with Crippen LogP contribution in [0.15, 0.2) is 0 Å². The van der Waals surface area contributed by atoms with Gasteiger partial charge in [0.15, 0.2) is 5.69 Å². The van der Waals surface area contributed by atoms with Crippen molar-refractivity contribution in [3.8, 4) is 6.07 Å². The molecule has 3 fully saturated rings. The Morgan fingerprint density at radius 1 is 1.37 bits per heavy atom. The van der Waals surface area contributed by atoms with Gasteiger partial charge in [0.1, 0.15) is 11.9 Å². The summed E-state index contributed by atoms with van der Waals surface area (Å²) in [6.45, 7) is 7.89. The van der Waals surface area contributed by atoms with Crippen LogP contribution >= 0.6 is 0 Å². The Bertz CT molecular complexity index is 825. The van der Waals surface area contributed by atoms with E-state index >= 15 is 0 Å². The first-order valence-corrected chi connectivity index (χ1v) is 9.76. The molecule has 0 amide bonds. The molecular weight excluding hydrogens is 342 g/mol. The Labute approximate surface area is 160 Å². The zero-order chi connectivity index (χ0) is 19.3. The molecule has 27 heavy (non-hydrogen) atoms. The lowest BCUT2D eigenvalue weighted by molar-refractivity contribution is 0.00311. The van der Waals surface area contributed by atoms with Crippen molar-refractivity contribution in [1.29, 1.82) is 5.26 Å². The summed E-state index contributed by atoms with van der Waals surface area (Å²) in [7, 11) is 1.33. The van der Waals surface area contributed by atoms with E-state index < -0.39 is 5.97 Å². The fourth-order valence-electron chi connectivity index (χ4n) is 4.23. The molecule has 0 aromatic carbocycles. The predicted octanol–water partition coefficient (Wildman–Crippen LogP) is 3.14. The lowest BCUT2D eigenvalue weighted by Gasteiger charge is -2.34. The number of esters is 1. The molecule has 3 unspecified atom stereocenters. The first kappa shape index (κ1) is 18.2. The van der Waals surface area contributed by atoms with Crippen molar-refractivity contribution >= 4 is 11.8 Å². The molecule has 1 aliphatic heterocycles. The molecule has 3 atom stereocenters. The van der Waals surface area contributed by atoms with Crippen LogP contribution in [-0.4, -0.2) is 43.4 Å². The summed E-state index contributed by atoms with van der Waals surface area (Å²) >= 11 is 0. The van der Waals surface area contributed by atoms with Crippen molar-refractivity contribution in [2.24, 2.45) is 11.3 Å². The maximum atomic E-state index is 12.1. The van der Waals surface area contributed by atoms with Crippen LogP contribution in [0.4, 0.5) is 5.82 Å². The number of carbonyl (C=O) groups excluding carboxylic acids is 1. The Hall–Kier alpha value is -2.13. The van der Waals surface area contributed by atoms with Gasteiger partial charge in [-0.1, -0.05) is 6.92 Å². The van der Waals surface area contributed by atoms with Crippen molar-refractivity contribution in [3.63, 3.8) is 0 Å². The van der Waals surface area contributed by atoms with E-state index in [1.54, 1.807) is 0 Å². The van der Waals surface area contributed by atoms with E-state index in [4.69, 9.17) is 9.47 Å². The number of piperidine rings is 1. The van der Waals surface area contributed by atoms with Gasteiger partial charge in [-0.05, 0) is 56.1 Å². The third-order valence-electron chi connectivity index (χ3n) is 6.58. The molecular formula is C21H27N3O3. The van der Waals surface area contributed by atoms with Gasteiger partial charge in [0, 0.05) is 18.5 Å². The van der Waals surface area contributed by atoms with E-state index in [2.05, 4.69) is 22.9 Å². The van der Waals surface area contributed by atoms with E-state index in [1.807, 2.05) is 13.8 Å². The van der Waals surface area contributed by atoms with Gasteiger partial charge in [0.25, 0.3) is 0 Å². The van der Waals surface area contributed by atoms with Gasteiger partial charge in [0.2, 0.25) is 0 Å². The second-order valence-corrected chi connectivity index (χ2v) is 8.62. The fraction of sp³-hybridized carbons (Fsp3) is 0.667. The number of fused-ring (bicyclic) bond motifs is 1. The Kier molecular flexibility index (Phi) is 4.38. The summed E-state index contributed by atoms with van der Waals surface area (Å²) in [6.07, 6.45) is 5.01. The minimum Gasteiger partial charge on any atom is -0.465 e. The Morgan fingerprint density at radius 2 is 2.11 bits per heavy atom. The molecule has 1 aromatic heterocycles. The lowest BCUT2D eigenvalue weighted by Crippen LogP contribution is -2.40. The van der Waals surface area contributed by atoms with Gasteiger partial charge in [-0.3, -0.25) is 0 Å². The second-order valence-electron chi connectivity index (χ2n) is 8.62. The first-order valence-electron chi connectivity index (χ1n) is 9.76. The standard InChI is InChI=1S/C21H27N3O3/c1-12-13(2)19(23-15(10-22)18(12)20(25)26-4)24-8-5-17(14-9-16(14)24)27-11-21(3)6-7-21/h14,16-17H,5-9,11H2,1-4H3. The number of aromatic nitrogens is 1. The van der Waals surface area contributed by atoms with Crippen LogP contribution in [0.3, 0.4) is 0 Å². The SMILES string of the molecule is COC(=O)c1c(C#N)nc(N2CCC(OCC3(C)CC3)C3CC32)c(C)c1C. The molecule has 6 heteroatoms. The maximum absolute atomic E-state index is 12.1. The highest BCUT2D eigenvalue weighted by molar-refractivity contribution is 5.94. The van der Waals surface area contributed by atoms with Crippen LogP contribution in [0.25, 0.3) is 0 Å². The molecule has 0 spiro atoms. The molecule has 1 aromatic rings. The third kappa shape index (κ3) is 3.19. The van der Waals surface area contributed by atoms with Crippen molar-refractivity contribution in [2.45, 2.75) is 58.6 Å². The highest BCUT2D eigenvalue weighted by Gasteiger charge is 2.52. The molecule has 0 N–H and O–H groups in total. The molecule has 2 aliphatic carbocycles. The third-order valence-corrected chi connectivity index (χ3v) is 6.58. The number of ether oxygens (including phenoxy) is 2. The molecule has 3 aliphatic rings. The summed E-state index contributed by atoms with van der Waals surface area (Å²) < 4.78 is 11.1. The molecule has 0 bridgehead atoms. The number of methoxy groups -OCH3 is 1.